The van der Waals surface area contributed by atoms with Crippen LogP contribution in [-0.2, 0) is 16.0 Å². The smallest absolute Gasteiger partial charge is 0.306 e. The van der Waals surface area contributed by atoms with Gasteiger partial charge in [0.05, 0.1) is 5.92 Å². The molecule has 0 saturated heterocycles. The molecule has 1 fully saturated rings. The molecule has 4 heteroatoms. The lowest BCUT2D eigenvalue weighted by Gasteiger charge is -2.17. The maximum absolute atomic E-state index is 12.2. The van der Waals surface area contributed by atoms with Crippen LogP contribution in [0.1, 0.15) is 44.6 Å². The third-order valence-corrected chi connectivity index (χ3v) is 4.52. The Morgan fingerprint density at radius 3 is 2.64 bits per heavy atom. The second kappa shape index (κ2) is 7.97. The minimum absolute atomic E-state index is 0.0207. The molecule has 0 aliphatic heterocycles. The van der Waals surface area contributed by atoms with Crippen LogP contribution in [0.4, 0.5) is 0 Å². The molecule has 1 unspecified atom stereocenters. The van der Waals surface area contributed by atoms with Crippen molar-refractivity contribution in [2.24, 2.45) is 11.8 Å². The maximum Gasteiger partial charge on any atom is 0.306 e. The highest BCUT2D eigenvalue weighted by Crippen LogP contribution is 2.26. The van der Waals surface area contributed by atoms with Crippen LogP contribution in [0.3, 0.4) is 0 Å². The van der Waals surface area contributed by atoms with Crippen LogP contribution in [0.5, 0.6) is 0 Å². The molecule has 2 rings (SSSR count). The molecule has 4 nitrogen and oxygen atoms in total. The summed E-state index contributed by atoms with van der Waals surface area (Å²) in [6.07, 6.45) is 4.85. The van der Waals surface area contributed by atoms with Gasteiger partial charge < -0.3 is 10.4 Å². The summed E-state index contributed by atoms with van der Waals surface area (Å²) in [7, 11) is 0. The molecule has 1 aromatic carbocycles. The largest absolute Gasteiger partial charge is 0.481 e. The molecule has 0 radical (unpaired) electrons. The number of aliphatic carboxylic acids is 1. The molecule has 2 N–H and O–H groups in total. The third kappa shape index (κ3) is 4.86. The minimum Gasteiger partial charge on any atom is -0.481 e. The number of amides is 1. The zero-order valence-corrected chi connectivity index (χ0v) is 13.1. The molecule has 0 aromatic heterocycles. The fraction of sp³-hybridized carbons (Fsp3) is 0.556. The Balaban J connectivity index is 1.68. The van der Waals surface area contributed by atoms with Crippen molar-refractivity contribution in [3.63, 3.8) is 0 Å². The summed E-state index contributed by atoms with van der Waals surface area (Å²) < 4.78 is 0. The SMILES string of the molecule is CC(CCCc1ccccc1)C(=O)N[C@H]1CC[C@@H](C(=O)O)C1. The molecular weight excluding hydrogens is 278 g/mol. The van der Waals surface area contributed by atoms with E-state index in [1.165, 1.54) is 5.56 Å². The number of benzene rings is 1. The molecule has 1 saturated carbocycles. The summed E-state index contributed by atoms with van der Waals surface area (Å²) in [5.74, 6) is -0.997. The molecule has 120 valence electrons. The number of carboxylic acid groups (broad SMARTS) is 1. The fourth-order valence-corrected chi connectivity index (χ4v) is 3.07. The maximum atomic E-state index is 12.2. The number of hydrogen-bond donors (Lipinski definition) is 2. The first-order valence-electron chi connectivity index (χ1n) is 8.13. The van der Waals surface area contributed by atoms with E-state index in [4.69, 9.17) is 5.11 Å². The van der Waals surface area contributed by atoms with Crippen molar-refractivity contribution < 1.29 is 14.7 Å². The Morgan fingerprint density at radius 2 is 2.00 bits per heavy atom. The van der Waals surface area contributed by atoms with E-state index in [1.807, 2.05) is 25.1 Å². The van der Waals surface area contributed by atoms with Crippen LogP contribution in [0.25, 0.3) is 0 Å². The van der Waals surface area contributed by atoms with E-state index in [1.54, 1.807) is 0 Å². The number of aryl methyl sites for hydroxylation is 1. The van der Waals surface area contributed by atoms with E-state index in [-0.39, 0.29) is 23.8 Å². The van der Waals surface area contributed by atoms with Crippen molar-refractivity contribution in [3.05, 3.63) is 35.9 Å². The lowest BCUT2D eigenvalue weighted by Crippen LogP contribution is -2.37. The number of hydrogen-bond acceptors (Lipinski definition) is 2. The van der Waals surface area contributed by atoms with Gasteiger partial charge in [0.25, 0.3) is 0 Å². The summed E-state index contributed by atoms with van der Waals surface area (Å²) in [4.78, 5) is 23.1. The number of nitrogens with one attached hydrogen (secondary N) is 1. The number of carboxylic acids is 1. The van der Waals surface area contributed by atoms with Gasteiger partial charge in [-0.25, -0.2) is 0 Å². The predicted octanol–water partition coefficient (Wildman–Crippen LogP) is 3.01. The van der Waals surface area contributed by atoms with Crippen LogP contribution in [0.15, 0.2) is 30.3 Å². The summed E-state index contributed by atoms with van der Waals surface area (Å²) in [6, 6.07) is 10.3. The number of rotatable bonds is 7. The van der Waals surface area contributed by atoms with Gasteiger partial charge in [0.1, 0.15) is 0 Å². The highest BCUT2D eigenvalue weighted by molar-refractivity contribution is 5.79. The Hall–Kier alpha value is -1.84. The van der Waals surface area contributed by atoms with Gasteiger partial charge in [-0.15, -0.1) is 0 Å². The lowest BCUT2D eigenvalue weighted by molar-refractivity contribution is -0.141. The van der Waals surface area contributed by atoms with Crippen LogP contribution in [0, 0.1) is 11.8 Å². The van der Waals surface area contributed by atoms with Gasteiger partial charge >= 0.3 is 5.97 Å². The fourth-order valence-electron chi connectivity index (χ4n) is 3.07. The van der Waals surface area contributed by atoms with E-state index in [0.29, 0.717) is 12.8 Å². The standard InChI is InChI=1S/C18H25NO3/c1-13(6-5-9-14-7-3-2-4-8-14)17(20)19-16-11-10-15(12-16)18(21)22/h2-4,7-8,13,15-16H,5-6,9-12H2,1H3,(H,19,20)(H,21,22)/t13?,15-,16+/m1/s1. The highest BCUT2D eigenvalue weighted by Gasteiger charge is 2.31. The second-order valence-corrected chi connectivity index (χ2v) is 6.33. The van der Waals surface area contributed by atoms with Crippen LogP contribution in [-0.4, -0.2) is 23.0 Å². The molecule has 0 heterocycles. The number of carbonyl (C=O) groups is 2. The third-order valence-electron chi connectivity index (χ3n) is 4.52. The average molecular weight is 303 g/mol. The molecule has 1 amide bonds. The average Bonchev–Trinajstić information content (AvgIpc) is 2.97. The van der Waals surface area contributed by atoms with E-state index >= 15 is 0 Å². The van der Waals surface area contributed by atoms with Crippen LogP contribution in [0.2, 0.25) is 0 Å². The summed E-state index contributed by atoms with van der Waals surface area (Å²) in [5.41, 5.74) is 1.30. The normalized spacial score (nSPS) is 22.2. The quantitative estimate of drug-likeness (QED) is 0.813. The zero-order valence-electron chi connectivity index (χ0n) is 13.1. The van der Waals surface area contributed by atoms with E-state index in [0.717, 1.165) is 25.7 Å². The first-order valence-corrected chi connectivity index (χ1v) is 8.13. The molecule has 22 heavy (non-hydrogen) atoms. The second-order valence-electron chi connectivity index (χ2n) is 6.33. The van der Waals surface area contributed by atoms with E-state index in [2.05, 4.69) is 17.4 Å². The minimum atomic E-state index is -0.743. The first kappa shape index (κ1) is 16.5. The Kier molecular flexibility index (Phi) is 5.99. The van der Waals surface area contributed by atoms with Crippen molar-refractivity contribution in [2.75, 3.05) is 0 Å². The molecular formula is C18H25NO3. The predicted molar refractivity (Wildman–Crippen MR) is 85.5 cm³/mol. The Bertz CT molecular complexity index is 500. The highest BCUT2D eigenvalue weighted by atomic mass is 16.4. The van der Waals surface area contributed by atoms with Gasteiger partial charge in [-0.3, -0.25) is 9.59 Å². The van der Waals surface area contributed by atoms with Crippen molar-refractivity contribution in [1.29, 1.82) is 0 Å². The topological polar surface area (TPSA) is 66.4 Å². The first-order chi connectivity index (χ1) is 10.6. The lowest BCUT2D eigenvalue weighted by atomic mass is 10.00. The molecule has 1 aliphatic rings. The summed E-state index contributed by atoms with van der Waals surface area (Å²) in [5, 5.41) is 12.0. The molecule has 0 spiro atoms. The van der Waals surface area contributed by atoms with Gasteiger partial charge in [0, 0.05) is 12.0 Å². The van der Waals surface area contributed by atoms with Crippen molar-refractivity contribution >= 4 is 11.9 Å². The molecule has 3 atom stereocenters. The Morgan fingerprint density at radius 1 is 1.27 bits per heavy atom. The van der Waals surface area contributed by atoms with Gasteiger partial charge in [-0.2, -0.15) is 0 Å². The zero-order chi connectivity index (χ0) is 15.9. The Labute approximate surface area is 131 Å². The molecule has 1 aromatic rings. The van der Waals surface area contributed by atoms with Crippen molar-refractivity contribution in [1.82, 2.24) is 5.32 Å². The summed E-state index contributed by atoms with van der Waals surface area (Å²) in [6.45, 7) is 1.95. The van der Waals surface area contributed by atoms with Crippen molar-refractivity contribution in [3.8, 4) is 0 Å². The van der Waals surface area contributed by atoms with Gasteiger partial charge in [0.15, 0.2) is 0 Å². The van der Waals surface area contributed by atoms with Gasteiger partial charge in [0.2, 0.25) is 5.91 Å². The molecule has 0 bridgehead atoms. The van der Waals surface area contributed by atoms with E-state index < -0.39 is 5.97 Å². The van der Waals surface area contributed by atoms with E-state index in [9.17, 15) is 9.59 Å². The monoisotopic (exact) mass is 303 g/mol. The molecule has 1 aliphatic carbocycles. The summed E-state index contributed by atoms with van der Waals surface area (Å²) >= 11 is 0. The van der Waals surface area contributed by atoms with Gasteiger partial charge in [-0.1, -0.05) is 37.3 Å². The van der Waals surface area contributed by atoms with Crippen LogP contribution < -0.4 is 5.32 Å². The van der Waals surface area contributed by atoms with Crippen molar-refractivity contribution in [2.45, 2.75) is 51.5 Å². The number of carbonyl (C=O) groups excluding carboxylic acids is 1. The van der Waals surface area contributed by atoms with Gasteiger partial charge in [-0.05, 0) is 44.1 Å². The van der Waals surface area contributed by atoms with Crippen LogP contribution >= 0.6 is 0 Å².